The monoisotopic (exact) mass is 306 g/mol. The van der Waals surface area contributed by atoms with Crippen molar-refractivity contribution in [2.24, 2.45) is 5.92 Å². The maximum absolute atomic E-state index is 5.34. The van der Waals surface area contributed by atoms with Gasteiger partial charge in [-0.25, -0.2) is 0 Å². The van der Waals surface area contributed by atoms with Crippen molar-refractivity contribution in [3.05, 3.63) is 9.79 Å². The van der Waals surface area contributed by atoms with Crippen LogP contribution in [0.1, 0.15) is 44.4 Å². The fourth-order valence-corrected chi connectivity index (χ4v) is 2.50. The van der Waals surface area contributed by atoms with Crippen LogP contribution in [0.5, 0.6) is 0 Å². The summed E-state index contributed by atoms with van der Waals surface area (Å²) in [4.78, 5) is 0. The Balaban J connectivity index is 1.76. The molecule has 1 aliphatic carbocycles. The van der Waals surface area contributed by atoms with Gasteiger partial charge in [0.2, 0.25) is 5.89 Å². The molecule has 4 heteroatoms. The molecule has 3 nitrogen and oxygen atoms in total. The van der Waals surface area contributed by atoms with Crippen molar-refractivity contribution in [3.8, 4) is 0 Å². The zero-order valence-electron chi connectivity index (χ0n) is 8.21. The summed E-state index contributed by atoms with van der Waals surface area (Å²) in [5, 5.41) is 7.83. The van der Waals surface area contributed by atoms with Gasteiger partial charge < -0.3 is 4.42 Å². The van der Waals surface area contributed by atoms with E-state index in [1.807, 2.05) is 0 Å². The fraction of sp³-hybridized carbons (Fsp3) is 0.800. The van der Waals surface area contributed by atoms with Crippen LogP contribution in [0.4, 0.5) is 0 Å². The molecule has 0 aliphatic heterocycles. The Labute approximate surface area is 97.8 Å². The molecule has 78 valence electrons. The lowest BCUT2D eigenvalue weighted by Gasteiger charge is -2.20. The molecule has 0 spiro atoms. The van der Waals surface area contributed by atoms with E-state index in [0.717, 1.165) is 18.2 Å². The molecule has 14 heavy (non-hydrogen) atoms. The van der Waals surface area contributed by atoms with Gasteiger partial charge in [-0.3, -0.25) is 0 Å². The molecule has 0 amide bonds. The van der Waals surface area contributed by atoms with Crippen LogP contribution in [0, 0.1) is 9.82 Å². The quantitative estimate of drug-likeness (QED) is 0.805. The van der Waals surface area contributed by atoms with Gasteiger partial charge in [0.1, 0.15) is 0 Å². The summed E-state index contributed by atoms with van der Waals surface area (Å²) < 4.78 is 5.99. The fourth-order valence-electron chi connectivity index (χ4n) is 2.14. The van der Waals surface area contributed by atoms with E-state index in [1.54, 1.807) is 0 Å². The number of hydrogen-bond donors (Lipinski definition) is 0. The Hall–Kier alpha value is -0.130. The van der Waals surface area contributed by atoms with Crippen LogP contribution in [-0.2, 0) is 6.42 Å². The molecule has 0 bridgehead atoms. The lowest BCUT2D eigenvalue weighted by Crippen LogP contribution is -2.07. The maximum Gasteiger partial charge on any atom is 0.278 e. The molecule has 0 N–H and O–H groups in total. The highest BCUT2D eigenvalue weighted by atomic mass is 127. The first-order chi connectivity index (χ1) is 6.84. The molecular weight excluding hydrogens is 291 g/mol. The summed E-state index contributed by atoms with van der Waals surface area (Å²) in [5.41, 5.74) is 0. The van der Waals surface area contributed by atoms with Crippen molar-refractivity contribution < 1.29 is 4.42 Å². The number of halogens is 1. The zero-order valence-corrected chi connectivity index (χ0v) is 10.4. The number of aromatic nitrogens is 2. The second kappa shape index (κ2) is 5.09. The second-order valence-corrected chi connectivity index (χ2v) is 4.91. The van der Waals surface area contributed by atoms with Crippen LogP contribution in [0.25, 0.3) is 0 Å². The molecule has 0 atom stereocenters. The van der Waals surface area contributed by atoms with Crippen LogP contribution < -0.4 is 0 Å². The van der Waals surface area contributed by atoms with Crippen LogP contribution in [0.15, 0.2) is 4.42 Å². The van der Waals surface area contributed by atoms with E-state index in [2.05, 4.69) is 32.8 Å². The van der Waals surface area contributed by atoms with Crippen molar-refractivity contribution in [2.45, 2.75) is 44.9 Å². The highest BCUT2D eigenvalue weighted by Crippen LogP contribution is 2.27. The predicted octanol–water partition coefficient (Wildman–Crippen LogP) is 3.19. The minimum absolute atomic E-state index is 0.654. The molecule has 1 saturated carbocycles. The first-order valence-electron chi connectivity index (χ1n) is 5.32. The molecule has 0 aromatic carbocycles. The van der Waals surface area contributed by atoms with Crippen LogP contribution in [0.3, 0.4) is 0 Å². The van der Waals surface area contributed by atoms with Gasteiger partial charge in [-0.2, -0.15) is 0 Å². The van der Waals surface area contributed by atoms with Crippen molar-refractivity contribution in [3.63, 3.8) is 0 Å². The van der Waals surface area contributed by atoms with E-state index in [0.29, 0.717) is 3.90 Å². The van der Waals surface area contributed by atoms with E-state index < -0.39 is 0 Å². The molecular formula is C10H15IN2O. The van der Waals surface area contributed by atoms with Gasteiger partial charge in [-0.05, 0) is 12.3 Å². The summed E-state index contributed by atoms with van der Waals surface area (Å²) in [6, 6.07) is 0. The maximum atomic E-state index is 5.34. The van der Waals surface area contributed by atoms with Crippen molar-refractivity contribution in [2.75, 3.05) is 0 Å². The highest BCUT2D eigenvalue weighted by molar-refractivity contribution is 14.1. The summed E-state index contributed by atoms with van der Waals surface area (Å²) in [6.45, 7) is 0. The number of aryl methyl sites for hydroxylation is 1. The van der Waals surface area contributed by atoms with E-state index in [9.17, 15) is 0 Å². The summed E-state index contributed by atoms with van der Waals surface area (Å²) >= 11 is 2.05. The molecule has 2 rings (SSSR count). The second-order valence-electron chi connectivity index (χ2n) is 3.99. The standard InChI is InChI=1S/C10H15IN2O/c11-10-13-12-9(14-10)7-6-8-4-2-1-3-5-8/h8H,1-7H2. The third kappa shape index (κ3) is 2.93. The first kappa shape index (κ1) is 10.4. The average molecular weight is 306 g/mol. The predicted molar refractivity (Wildman–Crippen MR) is 61.9 cm³/mol. The Morgan fingerprint density at radius 3 is 2.64 bits per heavy atom. The van der Waals surface area contributed by atoms with E-state index >= 15 is 0 Å². The van der Waals surface area contributed by atoms with Gasteiger partial charge in [-0.15, -0.1) is 10.2 Å². The van der Waals surface area contributed by atoms with Crippen LogP contribution >= 0.6 is 22.6 Å². The van der Waals surface area contributed by atoms with Gasteiger partial charge >= 0.3 is 0 Å². The molecule has 0 unspecified atom stereocenters. The zero-order chi connectivity index (χ0) is 9.80. The smallest absolute Gasteiger partial charge is 0.278 e. The molecule has 1 aliphatic rings. The normalized spacial score (nSPS) is 18.6. The lowest BCUT2D eigenvalue weighted by atomic mass is 9.86. The SMILES string of the molecule is Ic1nnc(CCC2CCCCC2)o1. The molecule has 1 fully saturated rings. The molecule has 1 heterocycles. The summed E-state index contributed by atoms with van der Waals surface area (Å²) in [6.07, 6.45) is 9.21. The Bertz CT molecular complexity index is 281. The minimum Gasteiger partial charge on any atom is -0.416 e. The van der Waals surface area contributed by atoms with Gasteiger partial charge in [0, 0.05) is 29.0 Å². The first-order valence-corrected chi connectivity index (χ1v) is 6.40. The number of nitrogens with zero attached hydrogens (tertiary/aromatic N) is 2. The Morgan fingerprint density at radius 2 is 2.00 bits per heavy atom. The lowest BCUT2D eigenvalue weighted by molar-refractivity contribution is 0.327. The Kier molecular flexibility index (Phi) is 3.78. The van der Waals surface area contributed by atoms with Gasteiger partial charge in [0.15, 0.2) is 0 Å². The molecule has 0 saturated heterocycles. The molecule has 0 radical (unpaired) electrons. The minimum atomic E-state index is 0.654. The average Bonchev–Trinajstić information content (AvgIpc) is 2.63. The third-order valence-corrected chi connectivity index (χ3v) is 3.37. The topological polar surface area (TPSA) is 38.9 Å². The largest absolute Gasteiger partial charge is 0.416 e. The van der Waals surface area contributed by atoms with E-state index in [1.165, 1.54) is 38.5 Å². The molecule has 1 aromatic rings. The number of rotatable bonds is 3. The van der Waals surface area contributed by atoms with Gasteiger partial charge in [0.25, 0.3) is 3.90 Å². The third-order valence-electron chi connectivity index (χ3n) is 2.93. The van der Waals surface area contributed by atoms with E-state index in [-0.39, 0.29) is 0 Å². The van der Waals surface area contributed by atoms with Crippen molar-refractivity contribution >= 4 is 22.6 Å². The van der Waals surface area contributed by atoms with Gasteiger partial charge in [-0.1, -0.05) is 32.1 Å². The van der Waals surface area contributed by atoms with Crippen molar-refractivity contribution in [1.29, 1.82) is 0 Å². The number of hydrogen-bond acceptors (Lipinski definition) is 3. The van der Waals surface area contributed by atoms with Crippen LogP contribution in [-0.4, -0.2) is 10.2 Å². The summed E-state index contributed by atoms with van der Waals surface area (Å²) in [7, 11) is 0. The molecule has 1 aromatic heterocycles. The Morgan fingerprint density at radius 1 is 1.21 bits per heavy atom. The van der Waals surface area contributed by atoms with Crippen molar-refractivity contribution in [1.82, 2.24) is 10.2 Å². The van der Waals surface area contributed by atoms with Gasteiger partial charge in [0.05, 0.1) is 0 Å². The van der Waals surface area contributed by atoms with E-state index in [4.69, 9.17) is 4.42 Å². The highest BCUT2D eigenvalue weighted by Gasteiger charge is 2.14. The summed E-state index contributed by atoms with van der Waals surface area (Å²) in [5.74, 6) is 1.70. The van der Waals surface area contributed by atoms with Crippen LogP contribution in [0.2, 0.25) is 0 Å².